The molecular weight excluding hydrogens is 212 g/mol. The molecule has 1 atom stereocenters. The van der Waals surface area contributed by atoms with Crippen LogP contribution in [0.1, 0.15) is 38.8 Å². The maximum absolute atomic E-state index is 11.4. The summed E-state index contributed by atoms with van der Waals surface area (Å²) < 4.78 is 1.90. The van der Waals surface area contributed by atoms with E-state index in [9.17, 15) is 4.79 Å². The Morgan fingerprint density at radius 3 is 2.93 bits per heavy atom. The molecule has 1 saturated carbocycles. The monoisotopic (exact) mass is 226 g/mol. The molecule has 0 aromatic carbocycles. The highest BCUT2D eigenvalue weighted by atomic mass is 35.5. The lowest BCUT2D eigenvalue weighted by Crippen LogP contribution is -2.23. The minimum atomic E-state index is -0.110. The van der Waals surface area contributed by atoms with E-state index < -0.39 is 0 Å². The zero-order valence-corrected chi connectivity index (χ0v) is 9.84. The lowest BCUT2D eigenvalue weighted by molar-refractivity contribution is -0.117. The topological polar surface area (TPSA) is 34.9 Å². The van der Waals surface area contributed by atoms with E-state index in [1.807, 2.05) is 11.6 Å². The summed E-state index contributed by atoms with van der Waals surface area (Å²) >= 11 is 6.15. The molecule has 1 heterocycles. The quantitative estimate of drug-likeness (QED) is 0.777. The number of aromatic nitrogens is 2. The van der Waals surface area contributed by atoms with Gasteiger partial charge in [0.15, 0.2) is 0 Å². The van der Waals surface area contributed by atoms with Gasteiger partial charge in [-0.05, 0) is 13.3 Å². The van der Waals surface area contributed by atoms with Gasteiger partial charge < -0.3 is 0 Å². The van der Waals surface area contributed by atoms with Crippen LogP contribution in [0.25, 0.3) is 0 Å². The summed E-state index contributed by atoms with van der Waals surface area (Å²) in [4.78, 5) is 11.4. The number of rotatable bonds is 2. The fourth-order valence-electron chi connectivity index (χ4n) is 2.43. The first-order valence-electron chi connectivity index (χ1n) is 5.30. The average Bonchev–Trinajstić information content (AvgIpc) is 2.71. The maximum atomic E-state index is 11.4. The Hall–Kier alpha value is -0.830. The Kier molecular flexibility index (Phi) is 2.59. The normalized spacial score (nSPS) is 26.2. The Morgan fingerprint density at radius 2 is 2.40 bits per heavy atom. The van der Waals surface area contributed by atoms with E-state index in [1.165, 1.54) is 0 Å². The molecule has 0 radical (unpaired) electrons. The summed E-state index contributed by atoms with van der Waals surface area (Å²) in [6.45, 7) is 4.94. The predicted octanol–water partition coefficient (Wildman–Crippen LogP) is 2.57. The van der Waals surface area contributed by atoms with Crippen molar-refractivity contribution in [2.45, 2.75) is 45.1 Å². The first kappa shape index (κ1) is 10.7. The highest BCUT2D eigenvalue weighted by Crippen LogP contribution is 2.41. The number of nitrogens with zero attached hydrogens (tertiary/aromatic N) is 2. The zero-order valence-electron chi connectivity index (χ0n) is 9.09. The lowest BCUT2D eigenvalue weighted by Gasteiger charge is -2.24. The van der Waals surface area contributed by atoms with Gasteiger partial charge >= 0.3 is 0 Å². The van der Waals surface area contributed by atoms with E-state index in [0.717, 1.165) is 18.7 Å². The summed E-state index contributed by atoms with van der Waals surface area (Å²) in [5.41, 5.74) is 0.915. The number of carbonyl (C=O) groups excluding carboxylic acids is 1. The molecule has 2 rings (SSSR count). The smallest absolute Gasteiger partial charge is 0.133 e. The zero-order chi connectivity index (χ0) is 11.1. The van der Waals surface area contributed by atoms with Gasteiger partial charge in [-0.25, -0.2) is 0 Å². The first-order valence-corrected chi connectivity index (χ1v) is 5.68. The second-order valence-electron chi connectivity index (χ2n) is 4.43. The molecule has 82 valence electrons. The Labute approximate surface area is 94.4 Å². The summed E-state index contributed by atoms with van der Waals surface area (Å²) in [7, 11) is 0. The van der Waals surface area contributed by atoms with Crippen LogP contribution in [0.4, 0.5) is 0 Å². The molecule has 0 saturated heterocycles. The van der Waals surface area contributed by atoms with Crippen LogP contribution in [0.3, 0.4) is 0 Å². The number of hydrogen-bond donors (Lipinski definition) is 0. The summed E-state index contributed by atoms with van der Waals surface area (Å²) in [6.07, 6.45) is 3.83. The molecule has 1 aromatic rings. The van der Waals surface area contributed by atoms with Gasteiger partial charge in [-0.3, -0.25) is 9.48 Å². The molecule has 1 aromatic heterocycles. The molecule has 1 fully saturated rings. The molecule has 15 heavy (non-hydrogen) atoms. The number of hydrogen-bond acceptors (Lipinski definition) is 2. The third-order valence-electron chi connectivity index (χ3n) is 3.21. The third-order valence-corrected chi connectivity index (χ3v) is 3.49. The van der Waals surface area contributed by atoms with Crippen molar-refractivity contribution < 1.29 is 4.79 Å². The highest BCUT2D eigenvalue weighted by molar-refractivity contribution is 6.31. The maximum Gasteiger partial charge on any atom is 0.133 e. The molecule has 0 spiro atoms. The molecule has 3 nitrogen and oxygen atoms in total. The molecule has 0 aliphatic heterocycles. The summed E-state index contributed by atoms with van der Waals surface area (Å²) in [5.74, 6) is 0.331. The largest absolute Gasteiger partial charge is 0.300 e. The predicted molar refractivity (Wildman–Crippen MR) is 59.1 cm³/mol. The van der Waals surface area contributed by atoms with E-state index >= 15 is 0 Å². The van der Waals surface area contributed by atoms with Gasteiger partial charge in [-0.15, -0.1) is 0 Å². The number of halogens is 1. The van der Waals surface area contributed by atoms with E-state index in [0.29, 0.717) is 23.6 Å². The van der Waals surface area contributed by atoms with E-state index in [-0.39, 0.29) is 5.41 Å². The van der Waals surface area contributed by atoms with Gasteiger partial charge in [0, 0.05) is 24.8 Å². The van der Waals surface area contributed by atoms with E-state index in [4.69, 9.17) is 11.6 Å². The van der Waals surface area contributed by atoms with Crippen molar-refractivity contribution in [1.29, 1.82) is 0 Å². The van der Waals surface area contributed by atoms with Gasteiger partial charge in [0.2, 0.25) is 0 Å². The van der Waals surface area contributed by atoms with E-state index in [2.05, 4.69) is 12.0 Å². The fourth-order valence-corrected chi connectivity index (χ4v) is 2.80. The minimum Gasteiger partial charge on any atom is -0.300 e. The van der Waals surface area contributed by atoms with Gasteiger partial charge in [0.05, 0.1) is 16.9 Å². The highest BCUT2D eigenvalue weighted by Gasteiger charge is 2.39. The average molecular weight is 227 g/mol. The van der Waals surface area contributed by atoms with Crippen LogP contribution >= 0.6 is 11.6 Å². The third kappa shape index (κ3) is 1.69. The van der Waals surface area contributed by atoms with Gasteiger partial charge in [-0.2, -0.15) is 5.10 Å². The molecule has 0 bridgehead atoms. The first-order chi connectivity index (χ1) is 7.07. The van der Waals surface area contributed by atoms with Crippen molar-refractivity contribution in [3.05, 3.63) is 16.9 Å². The second kappa shape index (κ2) is 3.63. The Morgan fingerprint density at radius 1 is 1.67 bits per heavy atom. The molecule has 4 heteroatoms. The van der Waals surface area contributed by atoms with Crippen molar-refractivity contribution in [3.63, 3.8) is 0 Å². The van der Waals surface area contributed by atoms with Crippen LogP contribution in [0.2, 0.25) is 5.02 Å². The van der Waals surface area contributed by atoms with Gasteiger partial charge in [0.1, 0.15) is 5.78 Å². The summed E-state index contributed by atoms with van der Waals surface area (Å²) in [6, 6.07) is 0. The molecule has 1 aliphatic carbocycles. The number of carbonyl (C=O) groups is 1. The van der Waals surface area contributed by atoms with Crippen molar-refractivity contribution in [2.24, 2.45) is 0 Å². The van der Waals surface area contributed by atoms with Crippen molar-refractivity contribution >= 4 is 17.4 Å². The number of ketones is 1. The molecule has 1 aliphatic rings. The second-order valence-corrected chi connectivity index (χ2v) is 4.84. The van der Waals surface area contributed by atoms with Crippen LogP contribution in [0.15, 0.2) is 6.20 Å². The summed E-state index contributed by atoms with van der Waals surface area (Å²) in [5, 5.41) is 4.91. The molecule has 1 unspecified atom stereocenters. The number of aryl methyl sites for hydroxylation is 1. The van der Waals surface area contributed by atoms with Crippen molar-refractivity contribution in [1.82, 2.24) is 9.78 Å². The Bertz CT molecular complexity index is 399. The van der Waals surface area contributed by atoms with Gasteiger partial charge in [-0.1, -0.05) is 18.5 Å². The van der Waals surface area contributed by atoms with Crippen LogP contribution in [0, 0.1) is 0 Å². The van der Waals surface area contributed by atoms with Crippen molar-refractivity contribution in [3.8, 4) is 0 Å². The van der Waals surface area contributed by atoms with E-state index in [1.54, 1.807) is 6.20 Å². The molecule has 0 amide bonds. The van der Waals surface area contributed by atoms with Gasteiger partial charge in [0.25, 0.3) is 0 Å². The van der Waals surface area contributed by atoms with Crippen molar-refractivity contribution in [2.75, 3.05) is 0 Å². The lowest BCUT2D eigenvalue weighted by atomic mass is 9.85. The molecular formula is C11H15ClN2O. The van der Waals surface area contributed by atoms with Crippen LogP contribution < -0.4 is 0 Å². The van der Waals surface area contributed by atoms with Crippen LogP contribution in [-0.4, -0.2) is 15.6 Å². The number of Topliss-reactive ketones (excluding diaryl/α,β-unsaturated/α-hetero) is 1. The Balaban J connectivity index is 2.43. The minimum absolute atomic E-state index is 0.110. The van der Waals surface area contributed by atoms with Crippen LogP contribution in [0.5, 0.6) is 0 Å². The standard InChI is InChI=1S/C11H15ClN2O/c1-3-14-10(9(12)7-13-14)11(2)5-4-8(15)6-11/h7H,3-6H2,1-2H3. The van der Waals surface area contributed by atoms with Crippen LogP contribution in [-0.2, 0) is 16.8 Å². The SMILES string of the molecule is CCn1ncc(Cl)c1C1(C)CCC(=O)C1. The fraction of sp³-hybridized carbons (Fsp3) is 0.636. The molecule has 0 N–H and O–H groups in total.